The molecule has 0 saturated carbocycles. The van der Waals surface area contributed by atoms with Crippen molar-refractivity contribution < 1.29 is 9.53 Å². The van der Waals surface area contributed by atoms with E-state index in [0.29, 0.717) is 29.6 Å². The van der Waals surface area contributed by atoms with Gasteiger partial charge in [-0.3, -0.25) is 9.59 Å². The number of hydrogen-bond acceptors (Lipinski definition) is 5. The number of thioether (sulfide) groups is 1. The number of aryl methyl sites for hydroxylation is 1. The van der Waals surface area contributed by atoms with Gasteiger partial charge >= 0.3 is 0 Å². The van der Waals surface area contributed by atoms with Crippen molar-refractivity contribution in [3.63, 3.8) is 0 Å². The van der Waals surface area contributed by atoms with E-state index in [4.69, 9.17) is 4.74 Å². The minimum Gasteiger partial charge on any atom is -0.492 e. The third-order valence-corrected chi connectivity index (χ3v) is 5.43. The molecule has 6 nitrogen and oxygen atoms in total. The third kappa shape index (κ3) is 5.73. The quantitative estimate of drug-likeness (QED) is 0.388. The Labute approximate surface area is 180 Å². The Bertz CT molecular complexity index is 1040. The molecular weight excluding hydrogens is 398 g/mol. The summed E-state index contributed by atoms with van der Waals surface area (Å²) in [5.41, 5.74) is 1.92. The maximum absolute atomic E-state index is 13.3. The van der Waals surface area contributed by atoms with Crippen molar-refractivity contribution in [3.8, 4) is 5.75 Å². The number of rotatable bonds is 9. The van der Waals surface area contributed by atoms with Crippen LogP contribution in [0.1, 0.15) is 36.8 Å². The topological polar surface area (TPSA) is 84.1 Å². The van der Waals surface area contributed by atoms with Gasteiger partial charge in [-0.1, -0.05) is 67.6 Å². The number of ether oxygens (including phenoxy) is 1. The fourth-order valence-electron chi connectivity index (χ4n) is 2.99. The lowest BCUT2D eigenvalue weighted by molar-refractivity contribution is -0.115. The zero-order valence-corrected chi connectivity index (χ0v) is 17.9. The first-order valence-electron chi connectivity index (χ1n) is 9.95. The van der Waals surface area contributed by atoms with Gasteiger partial charge in [-0.05, 0) is 31.0 Å². The van der Waals surface area contributed by atoms with Crippen LogP contribution in [-0.2, 0) is 11.2 Å². The van der Waals surface area contributed by atoms with Gasteiger partial charge in [0.05, 0.1) is 12.3 Å². The summed E-state index contributed by atoms with van der Waals surface area (Å²) in [5, 5.41) is 2.79. The second-order valence-corrected chi connectivity index (χ2v) is 7.71. The van der Waals surface area contributed by atoms with Crippen LogP contribution in [0.4, 0.5) is 5.69 Å². The molecule has 30 heavy (non-hydrogen) atoms. The monoisotopic (exact) mass is 423 g/mol. The summed E-state index contributed by atoms with van der Waals surface area (Å²) in [6.07, 6.45) is 1.60. The number of aromatic nitrogens is 2. The van der Waals surface area contributed by atoms with Gasteiger partial charge in [0.1, 0.15) is 11.0 Å². The van der Waals surface area contributed by atoms with E-state index < -0.39 is 5.25 Å². The number of anilines is 1. The number of hydrogen-bond donors (Lipinski definition) is 2. The molecular formula is C23H25N3O3S. The number of nitrogens with zero attached hydrogens (tertiary/aromatic N) is 1. The van der Waals surface area contributed by atoms with Crippen LogP contribution in [0.25, 0.3) is 0 Å². The van der Waals surface area contributed by atoms with Crippen molar-refractivity contribution in [2.75, 3.05) is 11.9 Å². The zero-order valence-electron chi connectivity index (χ0n) is 17.1. The summed E-state index contributed by atoms with van der Waals surface area (Å²) in [4.78, 5) is 32.6. The van der Waals surface area contributed by atoms with Gasteiger partial charge in [-0.2, -0.15) is 0 Å². The fraction of sp³-hybridized carbons (Fsp3) is 0.261. The first kappa shape index (κ1) is 21.6. The molecule has 156 valence electrons. The summed E-state index contributed by atoms with van der Waals surface area (Å²) < 4.78 is 5.62. The van der Waals surface area contributed by atoms with Crippen molar-refractivity contribution in [3.05, 3.63) is 82.3 Å². The normalized spacial score (nSPS) is 11.7. The molecule has 1 aromatic heterocycles. The number of amides is 1. The number of nitrogens with one attached hydrogen (secondary N) is 2. The molecule has 2 N–H and O–H groups in total. The van der Waals surface area contributed by atoms with E-state index in [9.17, 15) is 9.59 Å². The second kappa shape index (κ2) is 10.6. The maximum atomic E-state index is 13.3. The van der Waals surface area contributed by atoms with Gasteiger partial charge in [0.25, 0.3) is 5.56 Å². The number of carbonyl (C=O) groups excluding carboxylic acids is 1. The summed E-state index contributed by atoms with van der Waals surface area (Å²) >= 11 is 1.22. The van der Waals surface area contributed by atoms with Crippen LogP contribution in [-0.4, -0.2) is 22.5 Å². The second-order valence-electron chi connectivity index (χ2n) is 6.62. The van der Waals surface area contributed by atoms with E-state index in [2.05, 4.69) is 15.3 Å². The molecule has 3 aromatic rings. The standard InChI is InChI=1S/C23H25N3O3S/c1-3-10-17-15-20(27)26-23(24-17)30-21(16-11-6-5-7-12-16)22(28)25-18-13-8-9-14-19(18)29-4-2/h5-9,11-15,21H,3-4,10H2,1-2H3,(H,25,28)(H,24,26,27). The van der Waals surface area contributed by atoms with Crippen molar-refractivity contribution in [1.82, 2.24) is 9.97 Å². The van der Waals surface area contributed by atoms with Gasteiger partial charge < -0.3 is 15.0 Å². The predicted molar refractivity (Wildman–Crippen MR) is 120 cm³/mol. The summed E-state index contributed by atoms with van der Waals surface area (Å²) in [6, 6.07) is 18.3. The first-order chi connectivity index (χ1) is 14.6. The molecule has 0 bridgehead atoms. The van der Waals surface area contributed by atoms with Crippen LogP contribution in [0, 0.1) is 0 Å². The van der Waals surface area contributed by atoms with E-state index in [1.54, 1.807) is 6.07 Å². The smallest absolute Gasteiger partial charge is 0.251 e. The highest BCUT2D eigenvalue weighted by Gasteiger charge is 2.24. The van der Waals surface area contributed by atoms with Gasteiger partial charge in [-0.15, -0.1) is 0 Å². The summed E-state index contributed by atoms with van der Waals surface area (Å²) in [6.45, 7) is 4.43. The highest BCUT2D eigenvalue weighted by Crippen LogP contribution is 2.35. The molecule has 0 spiro atoms. The molecule has 0 radical (unpaired) electrons. The highest BCUT2D eigenvalue weighted by molar-refractivity contribution is 8.00. The van der Waals surface area contributed by atoms with Gasteiger partial charge in [0, 0.05) is 11.8 Å². The Hall–Kier alpha value is -3.06. The van der Waals surface area contributed by atoms with Gasteiger partial charge in [0.15, 0.2) is 5.16 Å². The average Bonchev–Trinajstić information content (AvgIpc) is 2.74. The molecule has 0 saturated heterocycles. The predicted octanol–water partition coefficient (Wildman–Crippen LogP) is 4.59. The number of para-hydroxylation sites is 2. The largest absolute Gasteiger partial charge is 0.492 e. The van der Waals surface area contributed by atoms with Crippen molar-refractivity contribution in [2.24, 2.45) is 0 Å². The molecule has 1 amide bonds. The minimum atomic E-state index is -0.596. The lowest BCUT2D eigenvalue weighted by atomic mass is 10.1. The van der Waals surface area contributed by atoms with Crippen LogP contribution in [0.2, 0.25) is 0 Å². The molecule has 0 aliphatic carbocycles. The molecule has 1 heterocycles. The molecule has 0 fully saturated rings. The summed E-state index contributed by atoms with van der Waals surface area (Å²) in [5.74, 6) is 0.392. The van der Waals surface area contributed by atoms with Gasteiger partial charge in [0.2, 0.25) is 5.91 Å². The van der Waals surface area contributed by atoms with E-state index in [0.717, 1.165) is 17.7 Å². The molecule has 0 aliphatic rings. The van der Waals surface area contributed by atoms with Crippen molar-refractivity contribution >= 4 is 23.4 Å². The Morgan fingerprint density at radius 2 is 1.87 bits per heavy atom. The van der Waals surface area contributed by atoms with E-state index in [-0.39, 0.29) is 11.5 Å². The van der Waals surface area contributed by atoms with Crippen LogP contribution in [0.3, 0.4) is 0 Å². The van der Waals surface area contributed by atoms with E-state index in [1.165, 1.54) is 17.8 Å². The lowest BCUT2D eigenvalue weighted by Crippen LogP contribution is -2.20. The van der Waals surface area contributed by atoms with Crippen LogP contribution < -0.4 is 15.6 Å². The highest BCUT2D eigenvalue weighted by atomic mass is 32.2. The summed E-state index contributed by atoms with van der Waals surface area (Å²) in [7, 11) is 0. The van der Waals surface area contributed by atoms with E-state index in [1.807, 2.05) is 62.4 Å². The first-order valence-corrected chi connectivity index (χ1v) is 10.8. The Kier molecular flexibility index (Phi) is 7.68. The fourth-order valence-corrected chi connectivity index (χ4v) is 4.00. The Morgan fingerprint density at radius 3 is 2.60 bits per heavy atom. The number of carbonyl (C=O) groups is 1. The Balaban J connectivity index is 1.91. The number of aromatic amines is 1. The molecule has 3 rings (SSSR count). The van der Waals surface area contributed by atoms with Crippen LogP contribution in [0.15, 0.2) is 70.6 Å². The lowest BCUT2D eigenvalue weighted by Gasteiger charge is -2.18. The van der Waals surface area contributed by atoms with Crippen molar-refractivity contribution in [1.29, 1.82) is 0 Å². The molecule has 2 aromatic carbocycles. The number of H-pyrrole nitrogens is 1. The third-order valence-electron chi connectivity index (χ3n) is 4.29. The number of benzene rings is 2. The molecule has 1 unspecified atom stereocenters. The Morgan fingerprint density at radius 1 is 1.13 bits per heavy atom. The molecule has 7 heteroatoms. The maximum Gasteiger partial charge on any atom is 0.251 e. The van der Waals surface area contributed by atoms with Crippen LogP contribution in [0.5, 0.6) is 5.75 Å². The van der Waals surface area contributed by atoms with Crippen LogP contribution >= 0.6 is 11.8 Å². The SMILES string of the molecule is CCCc1cc(=O)[nH]c(SC(C(=O)Nc2ccccc2OCC)c2ccccc2)n1. The average molecular weight is 424 g/mol. The minimum absolute atomic E-state index is 0.218. The van der Waals surface area contributed by atoms with Crippen molar-refractivity contribution in [2.45, 2.75) is 37.1 Å². The van der Waals surface area contributed by atoms with Gasteiger partial charge in [-0.25, -0.2) is 4.98 Å². The zero-order chi connectivity index (χ0) is 21.3. The molecule has 1 atom stereocenters. The van der Waals surface area contributed by atoms with E-state index >= 15 is 0 Å². The molecule has 0 aliphatic heterocycles.